The molecule has 0 unspecified atom stereocenters. The van der Waals surface area contributed by atoms with Gasteiger partial charge in [-0.15, -0.1) is 22.7 Å². The third-order valence-electron chi connectivity index (χ3n) is 3.60. The van der Waals surface area contributed by atoms with Gasteiger partial charge in [0.1, 0.15) is 4.88 Å². The van der Waals surface area contributed by atoms with E-state index >= 15 is 0 Å². The molecule has 21 heavy (non-hydrogen) atoms. The number of aromatic nitrogens is 2. The first-order valence-corrected chi connectivity index (χ1v) is 8.86. The molecule has 112 valence electrons. The van der Waals surface area contributed by atoms with Crippen LogP contribution in [0.5, 0.6) is 0 Å². The summed E-state index contributed by atoms with van der Waals surface area (Å²) >= 11 is 3.15. The summed E-state index contributed by atoms with van der Waals surface area (Å²) < 4.78 is 0. The number of anilines is 1. The van der Waals surface area contributed by atoms with Gasteiger partial charge < -0.3 is 10.2 Å². The lowest BCUT2D eigenvalue weighted by Gasteiger charge is -2.32. The van der Waals surface area contributed by atoms with Crippen molar-refractivity contribution in [2.45, 2.75) is 32.2 Å². The Labute approximate surface area is 132 Å². The van der Waals surface area contributed by atoms with Crippen LogP contribution in [0.3, 0.4) is 0 Å². The molecule has 1 aliphatic rings. The Bertz CT molecular complexity index is 588. The van der Waals surface area contributed by atoms with Gasteiger partial charge in [-0.3, -0.25) is 4.79 Å². The molecule has 3 rings (SSSR count). The van der Waals surface area contributed by atoms with E-state index < -0.39 is 0 Å². The Kier molecular flexibility index (Phi) is 4.50. The van der Waals surface area contributed by atoms with Crippen molar-refractivity contribution in [3.63, 3.8) is 0 Å². The molecule has 2 aromatic rings. The van der Waals surface area contributed by atoms with Crippen LogP contribution in [0.2, 0.25) is 0 Å². The summed E-state index contributed by atoms with van der Waals surface area (Å²) in [6.45, 7) is 3.94. The summed E-state index contributed by atoms with van der Waals surface area (Å²) in [6.07, 6.45) is 6.33. The Morgan fingerprint density at radius 2 is 2.24 bits per heavy atom. The fraction of sp³-hybridized carbons (Fsp3) is 0.500. The second kappa shape index (κ2) is 6.53. The minimum atomic E-state index is 0.0138. The highest BCUT2D eigenvalue weighted by atomic mass is 32.1. The molecule has 1 N–H and O–H groups in total. The van der Waals surface area contributed by atoms with Crippen molar-refractivity contribution in [3.8, 4) is 0 Å². The smallest absolute Gasteiger partial charge is 0.263 e. The van der Waals surface area contributed by atoms with E-state index in [9.17, 15) is 4.79 Å². The first-order valence-electron chi connectivity index (χ1n) is 7.16. The van der Waals surface area contributed by atoms with Crippen LogP contribution in [0.15, 0.2) is 17.8 Å². The maximum Gasteiger partial charge on any atom is 0.263 e. The lowest BCUT2D eigenvalue weighted by Crippen LogP contribution is -2.44. The fourth-order valence-electron chi connectivity index (χ4n) is 2.42. The standard InChI is InChI=1S/C14H18N4OS2/c1-2-12-16-9-11(21-12)13(19)17-10-3-6-18(7-4-10)14-15-5-8-20-14/h5,8-10H,2-4,6-7H2,1H3,(H,17,19). The predicted octanol–water partition coefficient (Wildman–Crippen LogP) is 2.56. The number of nitrogens with one attached hydrogen (secondary N) is 1. The van der Waals surface area contributed by atoms with E-state index in [1.54, 1.807) is 17.5 Å². The number of carbonyl (C=O) groups excluding carboxylic acids is 1. The normalized spacial score (nSPS) is 16.1. The average molecular weight is 322 g/mol. The summed E-state index contributed by atoms with van der Waals surface area (Å²) in [5, 5.41) is 7.22. The van der Waals surface area contributed by atoms with Gasteiger partial charge in [0.15, 0.2) is 5.13 Å². The van der Waals surface area contributed by atoms with E-state index in [1.807, 2.05) is 11.6 Å². The van der Waals surface area contributed by atoms with Crippen LogP contribution in [0, 0.1) is 0 Å². The van der Waals surface area contributed by atoms with Crippen molar-refractivity contribution in [2.75, 3.05) is 18.0 Å². The molecule has 1 saturated heterocycles. The van der Waals surface area contributed by atoms with Crippen molar-refractivity contribution >= 4 is 33.7 Å². The molecule has 0 bridgehead atoms. The third kappa shape index (κ3) is 3.41. The average Bonchev–Trinajstić information content (AvgIpc) is 3.19. The van der Waals surface area contributed by atoms with Crippen LogP contribution in [0.4, 0.5) is 5.13 Å². The van der Waals surface area contributed by atoms with Crippen molar-refractivity contribution in [2.24, 2.45) is 0 Å². The van der Waals surface area contributed by atoms with Crippen LogP contribution in [0.1, 0.15) is 34.4 Å². The minimum Gasteiger partial charge on any atom is -0.348 e. The van der Waals surface area contributed by atoms with E-state index in [0.717, 1.165) is 42.5 Å². The van der Waals surface area contributed by atoms with Crippen molar-refractivity contribution in [1.82, 2.24) is 15.3 Å². The molecule has 0 spiro atoms. The molecule has 5 nitrogen and oxygen atoms in total. The molecule has 3 heterocycles. The summed E-state index contributed by atoms with van der Waals surface area (Å²) in [6, 6.07) is 0.251. The Morgan fingerprint density at radius 3 is 2.86 bits per heavy atom. The van der Waals surface area contributed by atoms with Crippen LogP contribution in [-0.2, 0) is 6.42 Å². The van der Waals surface area contributed by atoms with E-state index in [2.05, 4.69) is 27.1 Å². The number of rotatable bonds is 4. The number of nitrogens with zero attached hydrogens (tertiary/aromatic N) is 3. The Hall–Kier alpha value is -1.47. The van der Waals surface area contributed by atoms with Gasteiger partial charge in [0.05, 0.1) is 11.2 Å². The van der Waals surface area contributed by atoms with Gasteiger partial charge in [-0.25, -0.2) is 9.97 Å². The maximum absolute atomic E-state index is 12.2. The van der Waals surface area contributed by atoms with E-state index in [0.29, 0.717) is 4.88 Å². The van der Waals surface area contributed by atoms with Gasteiger partial charge in [0, 0.05) is 30.7 Å². The van der Waals surface area contributed by atoms with Crippen molar-refractivity contribution in [1.29, 1.82) is 0 Å². The number of carbonyl (C=O) groups is 1. The molecule has 1 fully saturated rings. The van der Waals surface area contributed by atoms with E-state index in [1.165, 1.54) is 11.3 Å². The van der Waals surface area contributed by atoms with Gasteiger partial charge in [-0.05, 0) is 19.3 Å². The molecule has 1 aliphatic heterocycles. The maximum atomic E-state index is 12.2. The van der Waals surface area contributed by atoms with Gasteiger partial charge in [-0.2, -0.15) is 0 Å². The van der Waals surface area contributed by atoms with E-state index in [-0.39, 0.29) is 11.9 Å². The largest absolute Gasteiger partial charge is 0.348 e. The monoisotopic (exact) mass is 322 g/mol. The number of thiazole rings is 2. The lowest BCUT2D eigenvalue weighted by atomic mass is 10.1. The number of amides is 1. The number of hydrogen-bond donors (Lipinski definition) is 1. The molecule has 0 atom stereocenters. The fourth-order valence-corrected chi connectivity index (χ4v) is 3.88. The van der Waals surface area contributed by atoms with Gasteiger partial charge in [0.2, 0.25) is 0 Å². The molecule has 2 aromatic heterocycles. The van der Waals surface area contributed by atoms with Crippen LogP contribution < -0.4 is 10.2 Å². The number of aryl methyl sites for hydroxylation is 1. The molecular formula is C14H18N4OS2. The third-order valence-corrected chi connectivity index (χ3v) is 5.57. The first kappa shape index (κ1) is 14.5. The van der Waals surface area contributed by atoms with Gasteiger partial charge in [-0.1, -0.05) is 6.92 Å². The van der Waals surface area contributed by atoms with Gasteiger partial charge in [0.25, 0.3) is 5.91 Å². The molecular weight excluding hydrogens is 304 g/mol. The second-order valence-electron chi connectivity index (χ2n) is 5.02. The zero-order valence-electron chi connectivity index (χ0n) is 11.9. The van der Waals surface area contributed by atoms with Crippen LogP contribution in [0.25, 0.3) is 0 Å². The number of piperidine rings is 1. The highest BCUT2D eigenvalue weighted by molar-refractivity contribution is 7.13. The number of hydrogen-bond acceptors (Lipinski definition) is 6. The summed E-state index contributed by atoms with van der Waals surface area (Å²) in [5.74, 6) is 0.0138. The second-order valence-corrected chi connectivity index (χ2v) is 7.01. The quantitative estimate of drug-likeness (QED) is 0.940. The zero-order chi connectivity index (χ0) is 14.7. The Balaban J connectivity index is 1.52. The molecule has 0 radical (unpaired) electrons. The Morgan fingerprint density at radius 1 is 1.43 bits per heavy atom. The molecule has 0 saturated carbocycles. The molecule has 1 amide bonds. The van der Waals surface area contributed by atoms with Crippen molar-refractivity contribution in [3.05, 3.63) is 27.7 Å². The van der Waals surface area contributed by atoms with Crippen LogP contribution >= 0.6 is 22.7 Å². The van der Waals surface area contributed by atoms with Gasteiger partial charge >= 0.3 is 0 Å². The SMILES string of the molecule is CCc1ncc(C(=O)NC2CCN(c3nccs3)CC2)s1. The summed E-state index contributed by atoms with van der Waals surface area (Å²) in [7, 11) is 0. The lowest BCUT2D eigenvalue weighted by molar-refractivity contribution is 0.0935. The summed E-state index contributed by atoms with van der Waals surface area (Å²) in [5.41, 5.74) is 0. The predicted molar refractivity (Wildman–Crippen MR) is 86.3 cm³/mol. The first-order chi connectivity index (χ1) is 10.3. The molecule has 7 heteroatoms. The van der Waals surface area contributed by atoms with Crippen molar-refractivity contribution < 1.29 is 4.79 Å². The van der Waals surface area contributed by atoms with E-state index in [4.69, 9.17) is 0 Å². The van der Waals surface area contributed by atoms with Crippen LogP contribution in [-0.4, -0.2) is 35.0 Å². The minimum absolute atomic E-state index is 0.0138. The summed E-state index contributed by atoms with van der Waals surface area (Å²) in [4.78, 5) is 23.8. The molecule has 0 aromatic carbocycles. The highest BCUT2D eigenvalue weighted by Gasteiger charge is 2.23. The highest BCUT2D eigenvalue weighted by Crippen LogP contribution is 2.22. The topological polar surface area (TPSA) is 58.1 Å². The molecule has 0 aliphatic carbocycles. The zero-order valence-corrected chi connectivity index (χ0v) is 13.5.